The largest absolute Gasteiger partial charge is 0.417 e. The molecule has 1 unspecified atom stereocenters. The fourth-order valence-corrected chi connectivity index (χ4v) is 1.34. The fraction of sp³-hybridized carbons (Fsp3) is 1.00. The van der Waals surface area contributed by atoms with Gasteiger partial charge in [0.1, 0.15) is 0 Å². The molecule has 1 nitrogen and oxygen atoms in total. The average molecular weight is 164 g/mol. The van der Waals surface area contributed by atoms with Gasteiger partial charge in [-0.25, -0.2) is 0 Å². The van der Waals surface area contributed by atoms with E-state index in [9.17, 15) is 0 Å². The first-order valence-corrected chi connectivity index (χ1v) is 7.16. The molecule has 1 atom stereocenters. The third-order valence-corrected chi connectivity index (χ3v) is 1.94. The van der Waals surface area contributed by atoms with Gasteiger partial charge in [-0.2, -0.15) is 12.6 Å². The first kappa shape index (κ1) is 9.53. The minimum atomic E-state index is -1.27. The van der Waals surface area contributed by atoms with Gasteiger partial charge < -0.3 is 4.43 Å². The van der Waals surface area contributed by atoms with Crippen molar-refractivity contribution in [2.75, 3.05) is 6.61 Å². The van der Waals surface area contributed by atoms with E-state index in [0.717, 1.165) is 6.61 Å². The molecule has 0 N–H and O–H groups in total. The molecule has 0 radical (unpaired) electrons. The molecule has 0 fully saturated rings. The number of rotatable bonds is 3. The van der Waals surface area contributed by atoms with Crippen LogP contribution in [0, 0.1) is 0 Å². The smallest absolute Gasteiger partial charge is 0.183 e. The van der Waals surface area contributed by atoms with Crippen LogP contribution < -0.4 is 0 Å². The van der Waals surface area contributed by atoms with E-state index in [4.69, 9.17) is 4.43 Å². The van der Waals surface area contributed by atoms with E-state index in [1.807, 2.05) is 6.92 Å². The molecule has 0 spiro atoms. The van der Waals surface area contributed by atoms with E-state index in [1.54, 1.807) is 0 Å². The Labute approximate surface area is 64.3 Å². The van der Waals surface area contributed by atoms with E-state index < -0.39 is 8.32 Å². The van der Waals surface area contributed by atoms with Crippen LogP contribution in [-0.4, -0.2) is 20.2 Å². The summed E-state index contributed by atoms with van der Waals surface area (Å²) < 4.78 is 5.55. The summed E-state index contributed by atoms with van der Waals surface area (Å²) in [7, 11) is -1.27. The molecule has 0 rings (SSSR count). The zero-order valence-corrected chi connectivity index (χ0v) is 8.53. The van der Waals surface area contributed by atoms with Crippen LogP contribution in [0.5, 0.6) is 0 Å². The van der Waals surface area contributed by atoms with Crippen LogP contribution in [0.15, 0.2) is 0 Å². The fourth-order valence-electron chi connectivity index (χ4n) is 0.371. The first-order chi connectivity index (χ1) is 3.92. The molecule has 0 bridgehead atoms. The molecule has 3 heteroatoms. The normalized spacial score (nSPS) is 15.7. The van der Waals surface area contributed by atoms with Crippen LogP contribution in [0.4, 0.5) is 0 Å². The molecule has 9 heavy (non-hydrogen) atoms. The highest BCUT2D eigenvalue weighted by atomic mass is 32.1. The van der Waals surface area contributed by atoms with Crippen molar-refractivity contribution in [3.8, 4) is 0 Å². The Kier molecular flexibility index (Phi) is 3.85. The van der Waals surface area contributed by atoms with Gasteiger partial charge in [0, 0.05) is 11.9 Å². The van der Waals surface area contributed by atoms with Crippen LogP contribution in [0.1, 0.15) is 6.92 Å². The quantitative estimate of drug-likeness (QED) is 0.497. The van der Waals surface area contributed by atoms with Gasteiger partial charge in [-0.3, -0.25) is 0 Å². The van der Waals surface area contributed by atoms with E-state index in [-0.39, 0.29) is 0 Å². The van der Waals surface area contributed by atoms with Gasteiger partial charge >= 0.3 is 0 Å². The number of hydrogen-bond donors (Lipinski definition) is 1. The van der Waals surface area contributed by atoms with Crippen molar-refractivity contribution in [1.29, 1.82) is 0 Å². The van der Waals surface area contributed by atoms with Crippen molar-refractivity contribution < 1.29 is 4.43 Å². The Bertz CT molecular complexity index is 77.6. The van der Waals surface area contributed by atoms with Crippen molar-refractivity contribution in [2.24, 2.45) is 0 Å². The molecule has 0 aromatic carbocycles. The first-order valence-electron chi connectivity index (χ1n) is 3.24. The zero-order valence-electron chi connectivity index (χ0n) is 6.64. The molecule has 0 aromatic heterocycles. The van der Waals surface area contributed by atoms with Gasteiger partial charge in [0.2, 0.25) is 0 Å². The van der Waals surface area contributed by atoms with Crippen LogP contribution in [-0.2, 0) is 4.43 Å². The van der Waals surface area contributed by atoms with Crippen LogP contribution in [0.3, 0.4) is 0 Å². The second-order valence-electron chi connectivity index (χ2n) is 3.27. The lowest BCUT2D eigenvalue weighted by Crippen LogP contribution is -2.28. The summed E-state index contributed by atoms with van der Waals surface area (Å²) in [5.74, 6) is 0. The van der Waals surface area contributed by atoms with Gasteiger partial charge in [-0.1, -0.05) is 6.92 Å². The maximum Gasteiger partial charge on any atom is 0.183 e. The minimum absolute atomic E-state index is 0.372. The molecule has 0 saturated heterocycles. The Morgan fingerprint density at radius 2 is 1.89 bits per heavy atom. The maximum absolute atomic E-state index is 5.55. The second kappa shape index (κ2) is 3.64. The molecule has 0 aliphatic heterocycles. The Hall–Kier alpha value is 0.527. The molecule has 0 heterocycles. The van der Waals surface area contributed by atoms with E-state index in [2.05, 4.69) is 32.3 Å². The lowest BCUT2D eigenvalue weighted by molar-refractivity contribution is 0.317. The van der Waals surface area contributed by atoms with Crippen molar-refractivity contribution >= 4 is 20.9 Å². The molecule has 0 amide bonds. The van der Waals surface area contributed by atoms with Crippen molar-refractivity contribution in [3.05, 3.63) is 0 Å². The van der Waals surface area contributed by atoms with Crippen LogP contribution in [0.2, 0.25) is 19.6 Å². The molecule has 0 aliphatic rings. The van der Waals surface area contributed by atoms with Crippen molar-refractivity contribution in [3.63, 3.8) is 0 Å². The van der Waals surface area contributed by atoms with Gasteiger partial charge in [0.05, 0.1) is 0 Å². The van der Waals surface area contributed by atoms with Gasteiger partial charge in [0.25, 0.3) is 0 Å². The molecular weight excluding hydrogens is 148 g/mol. The highest BCUT2D eigenvalue weighted by Gasteiger charge is 2.13. The molecule has 0 saturated carbocycles. The van der Waals surface area contributed by atoms with Gasteiger partial charge in [0.15, 0.2) is 8.32 Å². The lowest BCUT2D eigenvalue weighted by Gasteiger charge is -2.18. The summed E-state index contributed by atoms with van der Waals surface area (Å²) in [6.07, 6.45) is 0. The van der Waals surface area contributed by atoms with E-state index >= 15 is 0 Å². The summed E-state index contributed by atoms with van der Waals surface area (Å²) >= 11 is 4.21. The standard InChI is InChI=1S/C6H16OSSi/c1-6(8)5-7-9(2,3)4/h6,8H,5H2,1-4H3. The lowest BCUT2D eigenvalue weighted by atomic mass is 10.5. The predicted molar refractivity (Wildman–Crippen MR) is 47.7 cm³/mol. The number of thiol groups is 1. The van der Waals surface area contributed by atoms with Gasteiger partial charge in [-0.05, 0) is 19.6 Å². The van der Waals surface area contributed by atoms with Gasteiger partial charge in [-0.15, -0.1) is 0 Å². The Morgan fingerprint density at radius 1 is 1.44 bits per heavy atom. The van der Waals surface area contributed by atoms with Crippen molar-refractivity contribution in [1.82, 2.24) is 0 Å². The third-order valence-electron chi connectivity index (χ3n) is 0.758. The predicted octanol–water partition coefficient (Wildman–Crippen LogP) is 2.16. The summed E-state index contributed by atoms with van der Waals surface area (Å²) in [4.78, 5) is 0. The van der Waals surface area contributed by atoms with E-state index in [1.165, 1.54) is 0 Å². The molecule has 56 valence electrons. The topological polar surface area (TPSA) is 9.23 Å². The SMILES string of the molecule is CC(S)CO[Si](C)(C)C. The van der Waals surface area contributed by atoms with Crippen LogP contribution >= 0.6 is 12.6 Å². The average Bonchev–Trinajstić information content (AvgIpc) is 1.59. The molecule has 0 aliphatic carbocycles. The monoisotopic (exact) mass is 164 g/mol. The van der Waals surface area contributed by atoms with Crippen molar-refractivity contribution in [2.45, 2.75) is 31.8 Å². The second-order valence-corrected chi connectivity index (χ2v) is 8.67. The molecule has 0 aromatic rings. The van der Waals surface area contributed by atoms with E-state index in [0.29, 0.717) is 5.25 Å². The Morgan fingerprint density at radius 3 is 2.00 bits per heavy atom. The summed E-state index contributed by atoms with van der Waals surface area (Å²) in [5, 5.41) is 0.372. The third kappa shape index (κ3) is 8.53. The zero-order chi connectivity index (χ0) is 7.49. The number of hydrogen-bond acceptors (Lipinski definition) is 2. The Balaban J connectivity index is 3.28. The maximum atomic E-state index is 5.55. The summed E-state index contributed by atoms with van der Waals surface area (Å²) in [6.45, 7) is 9.39. The summed E-state index contributed by atoms with van der Waals surface area (Å²) in [5.41, 5.74) is 0. The highest BCUT2D eigenvalue weighted by Crippen LogP contribution is 2.04. The molecular formula is C6H16OSSi. The van der Waals surface area contributed by atoms with Crippen LogP contribution in [0.25, 0.3) is 0 Å². The summed E-state index contributed by atoms with van der Waals surface area (Å²) in [6, 6.07) is 0. The highest BCUT2D eigenvalue weighted by molar-refractivity contribution is 7.80. The minimum Gasteiger partial charge on any atom is -0.417 e.